The van der Waals surface area contributed by atoms with Crippen molar-refractivity contribution in [1.29, 1.82) is 0 Å². The fourth-order valence-electron chi connectivity index (χ4n) is 1.05. The number of hydrogen-bond donors (Lipinski definition) is 4. The van der Waals surface area contributed by atoms with Crippen LogP contribution < -0.4 is 0 Å². The van der Waals surface area contributed by atoms with Gasteiger partial charge in [-0.3, -0.25) is 0 Å². The molecule has 0 N–H and O–H groups in total. The van der Waals surface area contributed by atoms with Crippen LogP contribution in [-0.2, 0) is 0 Å². The van der Waals surface area contributed by atoms with Gasteiger partial charge in [0.05, 0.1) is 8.16 Å². The molecule has 0 radical (unpaired) electrons. The van der Waals surface area contributed by atoms with E-state index in [-0.39, 0.29) is 8.16 Å². The van der Waals surface area contributed by atoms with Crippen molar-refractivity contribution in [3.63, 3.8) is 0 Å². The molecule has 0 saturated carbocycles. The van der Waals surface area contributed by atoms with Crippen LogP contribution in [0.15, 0.2) is 0 Å². The minimum absolute atomic E-state index is 0.0739. The normalized spacial score (nSPS) is 21.8. The first-order valence-corrected chi connectivity index (χ1v) is 8.75. The SMILES string of the molecule is CC(CS)SC(C)(CS)SC(C)(S)CS. The second-order valence-corrected chi connectivity index (χ2v) is 10.3. The van der Waals surface area contributed by atoms with Gasteiger partial charge in [-0.25, -0.2) is 0 Å². The summed E-state index contributed by atoms with van der Waals surface area (Å²) < 4.78 is -0.0333. The first kappa shape index (κ1) is 17.1. The monoisotopic (exact) mass is 320 g/mol. The largest absolute Gasteiger partial charge is 0.178 e. The molecule has 0 heterocycles. The van der Waals surface area contributed by atoms with Gasteiger partial charge in [0.25, 0.3) is 0 Å². The van der Waals surface area contributed by atoms with Gasteiger partial charge in [-0.2, -0.15) is 50.5 Å². The summed E-state index contributed by atoms with van der Waals surface area (Å²) in [4.78, 5) is 0. The highest BCUT2D eigenvalue weighted by Gasteiger charge is 2.33. The van der Waals surface area contributed by atoms with Crippen molar-refractivity contribution >= 4 is 74.0 Å². The van der Waals surface area contributed by atoms with Crippen molar-refractivity contribution in [3.05, 3.63) is 0 Å². The quantitative estimate of drug-likeness (QED) is 0.414. The molecule has 15 heavy (non-hydrogen) atoms. The Labute approximate surface area is 125 Å². The molecule has 92 valence electrons. The van der Waals surface area contributed by atoms with Gasteiger partial charge in [-0.05, 0) is 13.8 Å². The van der Waals surface area contributed by atoms with Crippen LogP contribution in [0.2, 0.25) is 0 Å². The maximum absolute atomic E-state index is 4.61. The smallest absolute Gasteiger partial charge is 0.0687 e. The summed E-state index contributed by atoms with van der Waals surface area (Å²) >= 11 is 21.4. The van der Waals surface area contributed by atoms with Gasteiger partial charge in [0.2, 0.25) is 0 Å². The van der Waals surface area contributed by atoms with Crippen LogP contribution >= 0.6 is 74.0 Å². The Bertz CT molecular complexity index is 183. The fourth-order valence-corrected chi connectivity index (χ4v) is 5.97. The van der Waals surface area contributed by atoms with Gasteiger partial charge >= 0.3 is 0 Å². The molecule has 0 aromatic carbocycles. The summed E-state index contributed by atoms with van der Waals surface area (Å²) in [6.45, 7) is 6.50. The Kier molecular flexibility index (Phi) is 8.57. The van der Waals surface area contributed by atoms with Crippen LogP contribution in [0.4, 0.5) is 0 Å². The van der Waals surface area contributed by atoms with E-state index in [1.807, 2.05) is 23.5 Å². The Hall–Kier alpha value is 2.10. The van der Waals surface area contributed by atoms with E-state index in [9.17, 15) is 0 Å². The summed E-state index contributed by atoms with van der Waals surface area (Å²) in [5.41, 5.74) is 0. The number of rotatable bonds is 7. The lowest BCUT2D eigenvalue weighted by Gasteiger charge is -2.35. The zero-order valence-corrected chi connectivity index (χ0v) is 14.5. The summed E-state index contributed by atoms with van der Waals surface area (Å²) in [6, 6.07) is 0. The van der Waals surface area contributed by atoms with Crippen molar-refractivity contribution in [2.24, 2.45) is 0 Å². The second-order valence-electron chi connectivity index (χ2n) is 3.84. The van der Waals surface area contributed by atoms with E-state index in [4.69, 9.17) is 0 Å². The molecule has 6 heteroatoms. The predicted octanol–water partition coefficient (Wildman–Crippen LogP) is 3.99. The summed E-state index contributed by atoms with van der Waals surface area (Å²) in [5.74, 6) is 2.46. The Morgan fingerprint density at radius 1 is 1.13 bits per heavy atom. The first-order chi connectivity index (χ1) is 6.78. The van der Waals surface area contributed by atoms with Gasteiger partial charge in [0.1, 0.15) is 0 Å². The molecule has 0 aliphatic heterocycles. The third-order valence-corrected chi connectivity index (χ3v) is 8.02. The molecule has 0 saturated heterocycles. The topological polar surface area (TPSA) is 0 Å². The van der Waals surface area contributed by atoms with Crippen molar-refractivity contribution in [2.75, 3.05) is 17.3 Å². The Morgan fingerprint density at radius 3 is 2.00 bits per heavy atom. The molecule has 0 aliphatic carbocycles. The molecule has 0 aliphatic rings. The minimum Gasteiger partial charge on any atom is -0.178 e. The maximum atomic E-state index is 4.61. The van der Waals surface area contributed by atoms with Gasteiger partial charge < -0.3 is 0 Å². The van der Waals surface area contributed by atoms with Crippen molar-refractivity contribution in [3.8, 4) is 0 Å². The lowest BCUT2D eigenvalue weighted by molar-refractivity contribution is 0.974. The summed E-state index contributed by atoms with van der Waals surface area (Å²) in [5, 5.41) is 0.530. The Balaban J connectivity index is 4.43. The van der Waals surface area contributed by atoms with Crippen LogP contribution in [0.1, 0.15) is 20.8 Å². The lowest BCUT2D eigenvalue weighted by atomic mass is 10.5. The molecule has 3 unspecified atom stereocenters. The van der Waals surface area contributed by atoms with Gasteiger partial charge in [0.15, 0.2) is 0 Å². The summed E-state index contributed by atoms with van der Waals surface area (Å²) in [7, 11) is 0. The first-order valence-electron chi connectivity index (χ1n) is 4.71. The second kappa shape index (κ2) is 7.52. The predicted molar refractivity (Wildman–Crippen MR) is 92.0 cm³/mol. The number of thioether (sulfide) groups is 2. The van der Waals surface area contributed by atoms with Crippen LogP contribution in [0.3, 0.4) is 0 Å². The molecule has 0 bridgehead atoms. The molecule has 3 atom stereocenters. The van der Waals surface area contributed by atoms with E-state index < -0.39 is 0 Å². The van der Waals surface area contributed by atoms with Crippen LogP contribution in [0.5, 0.6) is 0 Å². The van der Waals surface area contributed by atoms with Crippen molar-refractivity contribution in [1.82, 2.24) is 0 Å². The molecular formula is C9H20S6. The number of hydrogen-bond acceptors (Lipinski definition) is 6. The Morgan fingerprint density at radius 2 is 1.67 bits per heavy atom. The molecule has 0 nitrogen and oxygen atoms in total. The average molecular weight is 321 g/mol. The molecule has 0 aromatic rings. The minimum atomic E-state index is -0.107. The molecule has 0 rings (SSSR count). The van der Waals surface area contributed by atoms with E-state index >= 15 is 0 Å². The van der Waals surface area contributed by atoms with Gasteiger partial charge in [-0.15, -0.1) is 23.5 Å². The summed E-state index contributed by atoms with van der Waals surface area (Å²) in [6.07, 6.45) is 0. The maximum Gasteiger partial charge on any atom is 0.0687 e. The molecule has 0 fully saturated rings. The van der Waals surface area contributed by atoms with Gasteiger partial charge in [0, 0.05) is 22.5 Å². The highest BCUT2D eigenvalue weighted by atomic mass is 32.2. The van der Waals surface area contributed by atoms with Crippen molar-refractivity contribution in [2.45, 2.75) is 34.2 Å². The third-order valence-electron chi connectivity index (χ3n) is 1.72. The zero-order valence-electron chi connectivity index (χ0n) is 9.30. The van der Waals surface area contributed by atoms with E-state index in [1.165, 1.54) is 0 Å². The molecule has 0 aromatic heterocycles. The van der Waals surface area contributed by atoms with Crippen LogP contribution in [0.25, 0.3) is 0 Å². The molecule has 0 spiro atoms. The van der Waals surface area contributed by atoms with Crippen molar-refractivity contribution < 1.29 is 0 Å². The molecular weight excluding hydrogens is 301 g/mol. The third kappa shape index (κ3) is 7.19. The lowest BCUT2D eigenvalue weighted by Crippen LogP contribution is -2.29. The average Bonchev–Trinajstić information content (AvgIpc) is 2.17. The van der Waals surface area contributed by atoms with Gasteiger partial charge in [-0.1, -0.05) is 6.92 Å². The highest BCUT2D eigenvalue weighted by molar-refractivity contribution is 8.24. The number of thiol groups is 4. The van der Waals surface area contributed by atoms with Crippen LogP contribution in [-0.4, -0.2) is 30.7 Å². The molecule has 0 amide bonds. The van der Waals surface area contributed by atoms with E-state index in [0.717, 1.165) is 17.3 Å². The van der Waals surface area contributed by atoms with E-state index in [2.05, 4.69) is 71.3 Å². The standard InChI is InChI=1S/C9H20S6/c1-7(4-10)14-9(3,6-12)15-8(2,13)5-11/h7,10-13H,4-6H2,1-3H3. The highest BCUT2D eigenvalue weighted by Crippen LogP contribution is 2.48. The zero-order chi connectivity index (χ0) is 12.1. The van der Waals surface area contributed by atoms with E-state index in [0.29, 0.717) is 5.25 Å². The fraction of sp³-hybridized carbons (Fsp3) is 1.00. The van der Waals surface area contributed by atoms with Crippen LogP contribution in [0, 0.1) is 0 Å². The van der Waals surface area contributed by atoms with E-state index in [1.54, 1.807) is 0 Å².